The predicted octanol–water partition coefficient (Wildman–Crippen LogP) is 2.17. The van der Waals surface area contributed by atoms with Gasteiger partial charge in [0, 0.05) is 50.0 Å². The van der Waals surface area contributed by atoms with Gasteiger partial charge in [0.1, 0.15) is 0 Å². The molecule has 19 heavy (non-hydrogen) atoms. The highest BCUT2D eigenvalue weighted by molar-refractivity contribution is 7.15. The Labute approximate surface area is 117 Å². The molecule has 4 nitrogen and oxygen atoms in total. The number of aromatic nitrogens is 2. The Morgan fingerprint density at radius 2 is 2.00 bits per heavy atom. The molecule has 0 aliphatic carbocycles. The number of piperazine rings is 1. The summed E-state index contributed by atoms with van der Waals surface area (Å²) >= 11 is 1.78. The first-order valence-electron chi connectivity index (χ1n) is 6.61. The van der Waals surface area contributed by atoms with Crippen molar-refractivity contribution in [2.75, 3.05) is 31.1 Å². The van der Waals surface area contributed by atoms with Gasteiger partial charge in [-0.15, -0.1) is 11.3 Å². The minimum atomic E-state index is 0.950. The van der Waals surface area contributed by atoms with Crippen LogP contribution in [0.1, 0.15) is 10.6 Å². The first-order valence-corrected chi connectivity index (χ1v) is 7.42. The number of hydrogen-bond acceptors (Lipinski definition) is 5. The zero-order valence-corrected chi connectivity index (χ0v) is 11.9. The molecular weight excluding hydrogens is 256 g/mol. The number of anilines is 1. The summed E-state index contributed by atoms with van der Waals surface area (Å²) in [5.74, 6) is 0. The van der Waals surface area contributed by atoms with E-state index in [9.17, 15) is 0 Å². The summed E-state index contributed by atoms with van der Waals surface area (Å²) in [5, 5.41) is 1.16. The second kappa shape index (κ2) is 5.67. The van der Waals surface area contributed by atoms with Crippen LogP contribution in [0.15, 0.2) is 30.6 Å². The van der Waals surface area contributed by atoms with Gasteiger partial charge in [-0.05, 0) is 19.1 Å². The summed E-state index contributed by atoms with van der Waals surface area (Å²) < 4.78 is 0. The Morgan fingerprint density at radius 1 is 1.16 bits per heavy atom. The Bertz CT molecular complexity index is 517. The lowest BCUT2D eigenvalue weighted by Gasteiger charge is -2.34. The van der Waals surface area contributed by atoms with E-state index in [0.29, 0.717) is 0 Å². The van der Waals surface area contributed by atoms with E-state index in [1.54, 1.807) is 11.3 Å². The van der Waals surface area contributed by atoms with Crippen molar-refractivity contribution < 1.29 is 0 Å². The predicted molar refractivity (Wildman–Crippen MR) is 78.6 cm³/mol. The van der Waals surface area contributed by atoms with Crippen LogP contribution in [0.4, 0.5) is 5.13 Å². The normalized spacial score (nSPS) is 16.8. The van der Waals surface area contributed by atoms with E-state index in [0.717, 1.165) is 43.5 Å². The molecule has 0 aromatic carbocycles. The molecule has 3 rings (SSSR count). The third kappa shape index (κ3) is 3.11. The Hall–Kier alpha value is -1.46. The lowest BCUT2D eigenvalue weighted by molar-refractivity contribution is 0.247. The number of aryl methyl sites for hydroxylation is 1. The maximum Gasteiger partial charge on any atom is 0.185 e. The molecule has 0 N–H and O–H groups in total. The van der Waals surface area contributed by atoms with E-state index in [1.807, 2.05) is 18.5 Å². The van der Waals surface area contributed by atoms with Gasteiger partial charge in [-0.2, -0.15) is 0 Å². The molecule has 2 aromatic rings. The van der Waals surface area contributed by atoms with Gasteiger partial charge in [-0.25, -0.2) is 4.98 Å². The van der Waals surface area contributed by atoms with Gasteiger partial charge < -0.3 is 4.90 Å². The number of hydrogen-bond donors (Lipinski definition) is 0. The summed E-state index contributed by atoms with van der Waals surface area (Å²) in [4.78, 5) is 15.0. The zero-order valence-electron chi connectivity index (χ0n) is 11.1. The average molecular weight is 274 g/mol. The first-order chi connectivity index (χ1) is 9.31. The molecule has 0 atom stereocenters. The fraction of sp³-hybridized carbons (Fsp3) is 0.429. The van der Waals surface area contributed by atoms with Crippen LogP contribution in [0.2, 0.25) is 0 Å². The summed E-state index contributed by atoms with van der Waals surface area (Å²) in [6, 6.07) is 6.11. The molecule has 1 saturated heterocycles. The molecule has 0 unspecified atom stereocenters. The second-order valence-corrected chi connectivity index (χ2v) is 6.05. The van der Waals surface area contributed by atoms with Crippen molar-refractivity contribution in [1.29, 1.82) is 0 Å². The van der Waals surface area contributed by atoms with Gasteiger partial charge in [-0.1, -0.05) is 6.07 Å². The second-order valence-electron chi connectivity index (χ2n) is 4.84. The van der Waals surface area contributed by atoms with Crippen molar-refractivity contribution in [3.05, 3.63) is 41.2 Å². The van der Waals surface area contributed by atoms with Crippen LogP contribution in [0.25, 0.3) is 0 Å². The van der Waals surface area contributed by atoms with Crippen molar-refractivity contribution in [2.24, 2.45) is 0 Å². The SMILES string of the molecule is Cc1cnc(N2CCN(Cc3ccccn3)CC2)s1. The quantitative estimate of drug-likeness (QED) is 0.858. The average Bonchev–Trinajstić information content (AvgIpc) is 2.87. The minimum Gasteiger partial charge on any atom is -0.346 e. The molecule has 1 aliphatic rings. The molecule has 5 heteroatoms. The Kier molecular flexibility index (Phi) is 3.75. The molecule has 2 aromatic heterocycles. The summed E-state index contributed by atoms with van der Waals surface area (Å²) in [6.07, 6.45) is 3.82. The molecule has 0 saturated carbocycles. The zero-order chi connectivity index (χ0) is 13.1. The molecule has 0 radical (unpaired) electrons. The van der Waals surface area contributed by atoms with Crippen molar-refractivity contribution in [3.63, 3.8) is 0 Å². The van der Waals surface area contributed by atoms with Gasteiger partial charge >= 0.3 is 0 Å². The highest BCUT2D eigenvalue weighted by Gasteiger charge is 2.19. The van der Waals surface area contributed by atoms with Crippen molar-refractivity contribution in [2.45, 2.75) is 13.5 Å². The molecule has 1 aliphatic heterocycles. The summed E-state index contributed by atoms with van der Waals surface area (Å²) in [5.41, 5.74) is 1.15. The lowest BCUT2D eigenvalue weighted by Crippen LogP contribution is -2.46. The maximum absolute atomic E-state index is 4.46. The van der Waals surface area contributed by atoms with Crippen LogP contribution in [-0.2, 0) is 6.54 Å². The molecule has 100 valence electrons. The first kappa shape index (κ1) is 12.6. The van der Waals surface area contributed by atoms with Crippen molar-refractivity contribution >= 4 is 16.5 Å². The van der Waals surface area contributed by atoms with E-state index >= 15 is 0 Å². The van der Waals surface area contributed by atoms with Crippen LogP contribution in [0.5, 0.6) is 0 Å². The minimum absolute atomic E-state index is 0.950. The maximum atomic E-state index is 4.46. The lowest BCUT2D eigenvalue weighted by atomic mass is 10.3. The summed E-state index contributed by atoms with van der Waals surface area (Å²) in [7, 11) is 0. The smallest absolute Gasteiger partial charge is 0.185 e. The fourth-order valence-electron chi connectivity index (χ4n) is 2.31. The van der Waals surface area contributed by atoms with Gasteiger partial charge in [0.25, 0.3) is 0 Å². The van der Waals surface area contributed by atoms with Gasteiger partial charge in [0.2, 0.25) is 0 Å². The molecule has 0 bridgehead atoms. The van der Waals surface area contributed by atoms with E-state index in [1.165, 1.54) is 4.88 Å². The van der Waals surface area contributed by atoms with E-state index < -0.39 is 0 Å². The number of nitrogens with zero attached hydrogens (tertiary/aromatic N) is 4. The molecule has 0 amide bonds. The Morgan fingerprint density at radius 3 is 2.63 bits per heavy atom. The van der Waals surface area contributed by atoms with Gasteiger partial charge in [0.15, 0.2) is 5.13 Å². The highest BCUT2D eigenvalue weighted by atomic mass is 32.1. The van der Waals surface area contributed by atoms with Crippen LogP contribution in [0.3, 0.4) is 0 Å². The van der Waals surface area contributed by atoms with E-state index in [4.69, 9.17) is 0 Å². The monoisotopic (exact) mass is 274 g/mol. The standard InChI is InChI=1S/C14H18N4S/c1-12-10-16-14(19-12)18-8-6-17(7-9-18)11-13-4-2-3-5-15-13/h2-5,10H,6-9,11H2,1H3. The highest BCUT2D eigenvalue weighted by Crippen LogP contribution is 2.22. The topological polar surface area (TPSA) is 32.3 Å². The van der Waals surface area contributed by atoms with Gasteiger partial charge in [-0.3, -0.25) is 9.88 Å². The number of thiazole rings is 1. The van der Waals surface area contributed by atoms with E-state index in [-0.39, 0.29) is 0 Å². The Balaban J connectivity index is 1.55. The van der Waals surface area contributed by atoms with Gasteiger partial charge in [0.05, 0.1) is 5.69 Å². The third-order valence-corrected chi connectivity index (χ3v) is 4.34. The number of rotatable bonds is 3. The van der Waals surface area contributed by atoms with Crippen molar-refractivity contribution in [1.82, 2.24) is 14.9 Å². The third-order valence-electron chi connectivity index (χ3n) is 3.36. The van der Waals surface area contributed by atoms with Crippen LogP contribution >= 0.6 is 11.3 Å². The fourth-order valence-corrected chi connectivity index (χ4v) is 3.12. The summed E-state index contributed by atoms with van der Waals surface area (Å²) in [6.45, 7) is 7.33. The number of pyridine rings is 1. The van der Waals surface area contributed by atoms with Crippen molar-refractivity contribution in [3.8, 4) is 0 Å². The molecule has 1 fully saturated rings. The molecule has 3 heterocycles. The van der Waals surface area contributed by atoms with Crippen LogP contribution in [0, 0.1) is 6.92 Å². The van der Waals surface area contributed by atoms with Crippen LogP contribution in [-0.4, -0.2) is 41.0 Å². The van der Waals surface area contributed by atoms with Crippen LogP contribution < -0.4 is 4.90 Å². The molecular formula is C14H18N4S. The largest absolute Gasteiger partial charge is 0.346 e. The molecule has 0 spiro atoms. The van der Waals surface area contributed by atoms with E-state index in [2.05, 4.69) is 38.8 Å².